The maximum absolute atomic E-state index is 13.0. The van der Waals surface area contributed by atoms with Crippen molar-refractivity contribution in [1.29, 1.82) is 0 Å². The average molecular weight is 379 g/mol. The van der Waals surface area contributed by atoms with Crippen molar-refractivity contribution in [3.8, 4) is 0 Å². The molecule has 0 spiro atoms. The number of hydrogen-bond donors (Lipinski definition) is 1. The summed E-state index contributed by atoms with van der Waals surface area (Å²) in [5.41, 5.74) is 1.90. The van der Waals surface area contributed by atoms with Gasteiger partial charge in [-0.3, -0.25) is 0 Å². The van der Waals surface area contributed by atoms with Gasteiger partial charge in [-0.2, -0.15) is 4.98 Å². The van der Waals surface area contributed by atoms with Gasteiger partial charge in [0.25, 0.3) is 0 Å². The number of aromatic nitrogens is 4. The zero-order chi connectivity index (χ0) is 19.3. The van der Waals surface area contributed by atoms with Crippen LogP contribution in [0.5, 0.6) is 0 Å². The SMILES string of the molecule is Cc1cc(NCc2ccc(F)cc2)nc(N2CCN(c3ncccn3)CC2)n1. The summed E-state index contributed by atoms with van der Waals surface area (Å²) in [6.07, 6.45) is 3.52. The molecular formula is C20H22FN7. The van der Waals surface area contributed by atoms with Crippen LogP contribution in [-0.2, 0) is 6.54 Å². The summed E-state index contributed by atoms with van der Waals surface area (Å²) in [5, 5.41) is 3.30. The highest BCUT2D eigenvalue weighted by atomic mass is 19.1. The van der Waals surface area contributed by atoms with Gasteiger partial charge < -0.3 is 15.1 Å². The van der Waals surface area contributed by atoms with Crippen LogP contribution in [0.1, 0.15) is 11.3 Å². The van der Waals surface area contributed by atoms with E-state index in [-0.39, 0.29) is 5.82 Å². The van der Waals surface area contributed by atoms with Crippen molar-refractivity contribution >= 4 is 17.7 Å². The van der Waals surface area contributed by atoms with Gasteiger partial charge >= 0.3 is 0 Å². The van der Waals surface area contributed by atoms with E-state index in [4.69, 9.17) is 0 Å². The number of anilines is 3. The lowest BCUT2D eigenvalue weighted by molar-refractivity contribution is 0.627. The van der Waals surface area contributed by atoms with Gasteiger partial charge in [0.1, 0.15) is 11.6 Å². The highest BCUT2D eigenvalue weighted by molar-refractivity contribution is 5.45. The van der Waals surface area contributed by atoms with Crippen LogP contribution in [0, 0.1) is 12.7 Å². The van der Waals surface area contributed by atoms with Gasteiger partial charge in [0.15, 0.2) is 0 Å². The molecule has 28 heavy (non-hydrogen) atoms. The Morgan fingerprint density at radius 3 is 2.25 bits per heavy atom. The lowest BCUT2D eigenvalue weighted by Gasteiger charge is -2.34. The first-order valence-corrected chi connectivity index (χ1v) is 9.28. The number of nitrogens with zero attached hydrogens (tertiary/aromatic N) is 6. The Morgan fingerprint density at radius 1 is 0.929 bits per heavy atom. The molecule has 0 aliphatic carbocycles. The highest BCUT2D eigenvalue weighted by Gasteiger charge is 2.21. The normalized spacial score (nSPS) is 14.2. The summed E-state index contributed by atoms with van der Waals surface area (Å²) in [6.45, 7) is 5.79. The molecule has 1 fully saturated rings. The van der Waals surface area contributed by atoms with Gasteiger partial charge in [-0.05, 0) is 30.7 Å². The molecule has 1 N–H and O–H groups in total. The molecule has 1 aliphatic heterocycles. The van der Waals surface area contributed by atoms with Crippen molar-refractivity contribution in [2.75, 3.05) is 41.3 Å². The minimum absolute atomic E-state index is 0.232. The summed E-state index contributed by atoms with van der Waals surface area (Å²) in [7, 11) is 0. The third kappa shape index (κ3) is 4.33. The summed E-state index contributed by atoms with van der Waals surface area (Å²) < 4.78 is 13.0. The number of rotatable bonds is 5. The van der Waals surface area contributed by atoms with E-state index in [0.717, 1.165) is 55.2 Å². The predicted octanol–water partition coefficient (Wildman–Crippen LogP) is 2.65. The number of benzene rings is 1. The van der Waals surface area contributed by atoms with Crippen LogP contribution in [0.15, 0.2) is 48.8 Å². The van der Waals surface area contributed by atoms with Crippen LogP contribution in [0.25, 0.3) is 0 Å². The molecule has 2 aromatic heterocycles. The van der Waals surface area contributed by atoms with Gasteiger partial charge in [-0.15, -0.1) is 0 Å². The fourth-order valence-electron chi connectivity index (χ4n) is 3.14. The average Bonchev–Trinajstić information content (AvgIpc) is 2.74. The number of aryl methyl sites for hydroxylation is 1. The van der Waals surface area contributed by atoms with Gasteiger partial charge in [0.05, 0.1) is 0 Å². The number of piperazine rings is 1. The lowest BCUT2D eigenvalue weighted by Crippen LogP contribution is -2.47. The molecule has 3 aromatic rings. The monoisotopic (exact) mass is 379 g/mol. The van der Waals surface area contributed by atoms with Gasteiger partial charge in [-0.25, -0.2) is 19.3 Å². The minimum Gasteiger partial charge on any atom is -0.366 e. The third-order valence-corrected chi connectivity index (χ3v) is 4.63. The first-order chi connectivity index (χ1) is 13.7. The van der Waals surface area contributed by atoms with Crippen molar-refractivity contribution in [2.45, 2.75) is 13.5 Å². The van der Waals surface area contributed by atoms with Crippen molar-refractivity contribution in [1.82, 2.24) is 19.9 Å². The zero-order valence-corrected chi connectivity index (χ0v) is 15.7. The molecule has 0 radical (unpaired) electrons. The second kappa shape index (κ2) is 8.16. The molecule has 7 nitrogen and oxygen atoms in total. The molecule has 0 unspecified atom stereocenters. The number of nitrogens with one attached hydrogen (secondary N) is 1. The van der Waals surface area contributed by atoms with Crippen molar-refractivity contribution in [3.63, 3.8) is 0 Å². The molecule has 144 valence electrons. The van der Waals surface area contributed by atoms with E-state index in [9.17, 15) is 4.39 Å². The Labute approximate surface area is 163 Å². The molecule has 3 heterocycles. The summed E-state index contributed by atoms with van der Waals surface area (Å²) in [4.78, 5) is 22.2. The summed E-state index contributed by atoms with van der Waals surface area (Å²) in [6, 6.07) is 10.2. The van der Waals surface area contributed by atoms with E-state index < -0.39 is 0 Å². The molecule has 0 amide bonds. The highest BCUT2D eigenvalue weighted by Crippen LogP contribution is 2.18. The quantitative estimate of drug-likeness (QED) is 0.731. The summed E-state index contributed by atoms with van der Waals surface area (Å²) in [5.74, 6) is 2.01. The predicted molar refractivity (Wildman–Crippen MR) is 107 cm³/mol. The lowest BCUT2D eigenvalue weighted by atomic mass is 10.2. The van der Waals surface area contributed by atoms with Gasteiger partial charge in [-0.1, -0.05) is 12.1 Å². The van der Waals surface area contributed by atoms with Crippen LogP contribution >= 0.6 is 0 Å². The molecule has 1 aromatic carbocycles. The fourth-order valence-corrected chi connectivity index (χ4v) is 3.14. The minimum atomic E-state index is -0.232. The van der Waals surface area contributed by atoms with Crippen molar-refractivity contribution in [2.24, 2.45) is 0 Å². The largest absolute Gasteiger partial charge is 0.366 e. The first kappa shape index (κ1) is 18.1. The topological polar surface area (TPSA) is 70.1 Å². The third-order valence-electron chi connectivity index (χ3n) is 4.63. The Hall–Kier alpha value is -3.29. The van der Waals surface area contributed by atoms with Crippen LogP contribution in [-0.4, -0.2) is 46.1 Å². The van der Waals surface area contributed by atoms with Gasteiger partial charge in [0.2, 0.25) is 11.9 Å². The van der Waals surface area contributed by atoms with E-state index in [2.05, 4.69) is 35.1 Å². The van der Waals surface area contributed by atoms with Crippen LogP contribution in [0.2, 0.25) is 0 Å². The van der Waals surface area contributed by atoms with E-state index in [0.29, 0.717) is 6.54 Å². The first-order valence-electron chi connectivity index (χ1n) is 9.28. The molecule has 1 saturated heterocycles. The molecule has 1 aliphatic rings. The Balaban J connectivity index is 1.40. The van der Waals surface area contributed by atoms with E-state index in [1.54, 1.807) is 24.5 Å². The fraction of sp³-hybridized carbons (Fsp3) is 0.300. The van der Waals surface area contributed by atoms with Crippen molar-refractivity contribution < 1.29 is 4.39 Å². The standard InChI is InChI=1S/C20H22FN7/c1-15-13-18(24-14-16-3-5-17(21)6-4-16)26-20(25-15)28-11-9-27(10-12-28)19-22-7-2-8-23-19/h2-8,13H,9-12,14H2,1H3,(H,24,25,26). The van der Waals surface area contributed by atoms with Gasteiger partial charge in [0, 0.05) is 56.9 Å². The van der Waals surface area contributed by atoms with Crippen LogP contribution < -0.4 is 15.1 Å². The maximum Gasteiger partial charge on any atom is 0.227 e. The van der Waals surface area contributed by atoms with Crippen LogP contribution in [0.3, 0.4) is 0 Å². The smallest absolute Gasteiger partial charge is 0.227 e. The Bertz CT molecular complexity index is 910. The van der Waals surface area contributed by atoms with E-state index >= 15 is 0 Å². The molecular weight excluding hydrogens is 357 g/mol. The molecule has 0 saturated carbocycles. The zero-order valence-electron chi connectivity index (χ0n) is 15.7. The second-order valence-corrected chi connectivity index (χ2v) is 6.70. The maximum atomic E-state index is 13.0. The van der Waals surface area contributed by atoms with E-state index in [1.807, 2.05) is 19.1 Å². The Kier molecular flexibility index (Phi) is 5.27. The summed E-state index contributed by atoms with van der Waals surface area (Å²) >= 11 is 0. The number of hydrogen-bond acceptors (Lipinski definition) is 7. The van der Waals surface area contributed by atoms with Crippen molar-refractivity contribution in [3.05, 3.63) is 65.9 Å². The Morgan fingerprint density at radius 2 is 1.57 bits per heavy atom. The van der Waals surface area contributed by atoms with E-state index in [1.165, 1.54) is 12.1 Å². The molecule has 0 atom stereocenters. The van der Waals surface area contributed by atoms with Crippen LogP contribution in [0.4, 0.5) is 22.1 Å². The second-order valence-electron chi connectivity index (χ2n) is 6.70. The molecule has 0 bridgehead atoms. The molecule has 4 rings (SSSR count). The number of halogens is 1. The molecule has 8 heteroatoms.